The van der Waals surface area contributed by atoms with E-state index >= 15 is 0 Å². The summed E-state index contributed by atoms with van der Waals surface area (Å²) in [5, 5.41) is 0. The van der Waals surface area contributed by atoms with Gasteiger partial charge in [-0.3, -0.25) is 9.88 Å². The molecule has 4 rings (SSSR count). The van der Waals surface area contributed by atoms with Crippen LogP contribution < -0.4 is 0 Å². The standard InChI is InChI=1S/C22H29N3O3S/c26-29(27,22-2-1-9-23-17-22)25-10-7-20(8-11-25)16-19-3-5-21(6-4-19)18-24-12-14-28-15-13-24/h1-6,9,17,20H,7-8,10-16,18H2. The maximum atomic E-state index is 12.7. The van der Waals surface area contributed by atoms with Gasteiger partial charge in [-0.15, -0.1) is 0 Å². The van der Waals surface area contributed by atoms with Crippen LogP contribution in [0.5, 0.6) is 0 Å². The summed E-state index contributed by atoms with van der Waals surface area (Å²) in [7, 11) is -3.42. The van der Waals surface area contributed by atoms with Crippen molar-refractivity contribution >= 4 is 10.0 Å². The third-order valence-corrected chi connectivity index (χ3v) is 7.79. The Kier molecular flexibility index (Phi) is 6.60. The molecule has 1 aromatic heterocycles. The molecule has 29 heavy (non-hydrogen) atoms. The van der Waals surface area contributed by atoms with Crippen molar-refractivity contribution in [3.8, 4) is 0 Å². The fourth-order valence-electron chi connectivity index (χ4n) is 4.13. The molecule has 0 spiro atoms. The molecule has 2 saturated heterocycles. The summed E-state index contributed by atoms with van der Waals surface area (Å²) in [6.45, 7) is 5.80. The van der Waals surface area contributed by atoms with E-state index in [0.717, 1.165) is 52.1 Å². The number of morpholine rings is 1. The van der Waals surface area contributed by atoms with Gasteiger partial charge in [0.25, 0.3) is 0 Å². The molecule has 2 aliphatic rings. The smallest absolute Gasteiger partial charge is 0.244 e. The lowest BCUT2D eigenvalue weighted by Crippen LogP contribution is -2.38. The summed E-state index contributed by atoms with van der Waals surface area (Å²) < 4.78 is 32.5. The zero-order chi connectivity index (χ0) is 20.1. The molecule has 2 fully saturated rings. The number of sulfonamides is 1. The van der Waals surface area contributed by atoms with E-state index in [1.807, 2.05) is 0 Å². The minimum atomic E-state index is -3.42. The van der Waals surface area contributed by atoms with Crippen LogP contribution in [0.4, 0.5) is 0 Å². The maximum Gasteiger partial charge on any atom is 0.244 e. The molecule has 0 atom stereocenters. The van der Waals surface area contributed by atoms with Gasteiger partial charge in [0, 0.05) is 45.1 Å². The van der Waals surface area contributed by atoms with Crippen LogP contribution in [-0.4, -0.2) is 62.0 Å². The van der Waals surface area contributed by atoms with Crippen molar-refractivity contribution in [2.75, 3.05) is 39.4 Å². The van der Waals surface area contributed by atoms with Gasteiger partial charge in [-0.2, -0.15) is 4.31 Å². The Balaban J connectivity index is 1.28. The average Bonchev–Trinajstić information content (AvgIpc) is 2.77. The summed E-state index contributed by atoms with van der Waals surface area (Å²) >= 11 is 0. The van der Waals surface area contributed by atoms with E-state index in [0.29, 0.717) is 19.0 Å². The molecule has 1 aromatic carbocycles. The number of piperidine rings is 1. The number of nitrogens with zero attached hydrogens (tertiary/aromatic N) is 3. The van der Waals surface area contributed by atoms with Crippen LogP contribution in [0.2, 0.25) is 0 Å². The first kappa shape index (κ1) is 20.5. The number of aromatic nitrogens is 1. The molecule has 156 valence electrons. The molecule has 0 saturated carbocycles. The van der Waals surface area contributed by atoms with Crippen molar-refractivity contribution in [1.29, 1.82) is 0 Å². The van der Waals surface area contributed by atoms with Crippen LogP contribution in [0.15, 0.2) is 53.7 Å². The van der Waals surface area contributed by atoms with Crippen LogP contribution >= 0.6 is 0 Å². The normalized spacial score (nSPS) is 20.0. The zero-order valence-electron chi connectivity index (χ0n) is 16.7. The summed E-state index contributed by atoms with van der Waals surface area (Å²) in [5.41, 5.74) is 2.68. The van der Waals surface area contributed by atoms with Crippen molar-refractivity contribution in [2.24, 2.45) is 5.92 Å². The van der Waals surface area contributed by atoms with Crippen molar-refractivity contribution in [3.63, 3.8) is 0 Å². The molecule has 0 N–H and O–H groups in total. The molecule has 6 nitrogen and oxygen atoms in total. The highest BCUT2D eigenvalue weighted by molar-refractivity contribution is 7.89. The first-order chi connectivity index (χ1) is 14.1. The Morgan fingerprint density at radius 2 is 1.66 bits per heavy atom. The second kappa shape index (κ2) is 9.34. The van der Waals surface area contributed by atoms with E-state index < -0.39 is 10.0 Å². The van der Waals surface area contributed by atoms with Gasteiger partial charge in [0.2, 0.25) is 10.0 Å². The van der Waals surface area contributed by atoms with Crippen LogP contribution in [0.25, 0.3) is 0 Å². The van der Waals surface area contributed by atoms with Gasteiger partial charge in [0.1, 0.15) is 4.90 Å². The fraction of sp³-hybridized carbons (Fsp3) is 0.500. The molecule has 3 heterocycles. The molecule has 2 aromatic rings. The molecule has 0 aliphatic carbocycles. The average molecular weight is 416 g/mol. The van der Waals surface area contributed by atoms with Crippen molar-refractivity contribution in [3.05, 3.63) is 59.9 Å². The van der Waals surface area contributed by atoms with E-state index in [1.54, 1.807) is 22.6 Å². The van der Waals surface area contributed by atoms with Crippen LogP contribution in [0.3, 0.4) is 0 Å². The highest BCUT2D eigenvalue weighted by atomic mass is 32.2. The van der Waals surface area contributed by atoms with Crippen LogP contribution in [0.1, 0.15) is 24.0 Å². The predicted molar refractivity (Wildman–Crippen MR) is 112 cm³/mol. The Bertz CT molecular complexity index is 873. The fourth-order valence-corrected chi connectivity index (χ4v) is 5.57. The van der Waals surface area contributed by atoms with Gasteiger partial charge in [-0.25, -0.2) is 8.42 Å². The number of hydrogen-bond donors (Lipinski definition) is 0. The minimum absolute atomic E-state index is 0.286. The van der Waals surface area contributed by atoms with Gasteiger partial charge in [-0.05, 0) is 48.4 Å². The Morgan fingerprint density at radius 1 is 0.966 bits per heavy atom. The van der Waals surface area contributed by atoms with Gasteiger partial charge in [-0.1, -0.05) is 24.3 Å². The first-order valence-corrected chi connectivity index (χ1v) is 11.8. The highest BCUT2D eigenvalue weighted by Crippen LogP contribution is 2.26. The van der Waals surface area contributed by atoms with E-state index in [1.165, 1.54) is 17.3 Å². The third-order valence-electron chi connectivity index (χ3n) is 5.90. The number of pyridine rings is 1. The van der Waals surface area contributed by atoms with Gasteiger partial charge < -0.3 is 4.74 Å². The minimum Gasteiger partial charge on any atom is -0.379 e. The second-order valence-corrected chi connectivity index (χ2v) is 9.88. The number of rotatable bonds is 6. The topological polar surface area (TPSA) is 62.7 Å². The number of ether oxygens (including phenoxy) is 1. The van der Waals surface area contributed by atoms with Gasteiger partial charge in [0.15, 0.2) is 0 Å². The monoisotopic (exact) mass is 415 g/mol. The lowest BCUT2D eigenvalue weighted by Gasteiger charge is -2.31. The molecule has 7 heteroatoms. The van der Waals surface area contributed by atoms with E-state index in [2.05, 4.69) is 34.1 Å². The number of benzene rings is 1. The van der Waals surface area contributed by atoms with Crippen molar-refractivity contribution < 1.29 is 13.2 Å². The second-order valence-electron chi connectivity index (χ2n) is 7.95. The zero-order valence-corrected chi connectivity index (χ0v) is 17.6. The van der Waals surface area contributed by atoms with Gasteiger partial charge in [0.05, 0.1) is 13.2 Å². The Hall–Kier alpha value is -1.80. The molecule has 2 aliphatic heterocycles. The highest BCUT2D eigenvalue weighted by Gasteiger charge is 2.29. The summed E-state index contributed by atoms with van der Waals surface area (Å²) in [5.74, 6) is 0.528. The summed E-state index contributed by atoms with van der Waals surface area (Å²) in [6.07, 6.45) is 5.83. The van der Waals surface area contributed by atoms with Crippen LogP contribution in [0, 0.1) is 5.92 Å². The van der Waals surface area contributed by atoms with Gasteiger partial charge >= 0.3 is 0 Å². The van der Waals surface area contributed by atoms with Crippen molar-refractivity contribution in [1.82, 2.24) is 14.2 Å². The van der Waals surface area contributed by atoms with E-state index in [9.17, 15) is 8.42 Å². The maximum absolute atomic E-state index is 12.7. The lowest BCUT2D eigenvalue weighted by atomic mass is 9.91. The predicted octanol–water partition coefficient (Wildman–Crippen LogP) is 2.56. The molecule has 0 bridgehead atoms. The Morgan fingerprint density at radius 3 is 2.31 bits per heavy atom. The molecular formula is C22H29N3O3S. The molecule has 0 radical (unpaired) electrons. The quantitative estimate of drug-likeness (QED) is 0.726. The number of hydrogen-bond acceptors (Lipinski definition) is 5. The first-order valence-electron chi connectivity index (χ1n) is 10.4. The summed E-state index contributed by atoms with van der Waals surface area (Å²) in [6, 6.07) is 12.2. The molecule has 0 unspecified atom stereocenters. The van der Waals surface area contributed by atoms with Crippen molar-refractivity contribution in [2.45, 2.75) is 30.7 Å². The molecule has 0 amide bonds. The molecular weight excluding hydrogens is 386 g/mol. The van der Waals surface area contributed by atoms with E-state index in [-0.39, 0.29) is 4.90 Å². The third kappa shape index (κ3) is 5.22. The van der Waals surface area contributed by atoms with Crippen LogP contribution in [-0.2, 0) is 27.7 Å². The largest absolute Gasteiger partial charge is 0.379 e. The summed E-state index contributed by atoms with van der Waals surface area (Å²) in [4.78, 5) is 6.66. The lowest BCUT2D eigenvalue weighted by molar-refractivity contribution is 0.0342. The SMILES string of the molecule is O=S(=O)(c1cccnc1)N1CCC(Cc2ccc(CN3CCOCC3)cc2)CC1. The Labute approximate surface area is 173 Å². The van der Waals surface area contributed by atoms with E-state index in [4.69, 9.17) is 4.74 Å².